The van der Waals surface area contributed by atoms with Gasteiger partial charge in [0, 0.05) is 17.7 Å². The van der Waals surface area contributed by atoms with E-state index in [1.807, 2.05) is 0 Å². The molecule has 3 rings (SSSR count). The number of aryl methyl sites for hydroxylation is 1. The van der Waals surface area contributed by atoms with E-state index in [-0.39, 0.29) is 50.2 Å². The van der Waals surface area contributed by atoms with Gasteiger partial charge in [0.25, 0.3) is 0 Å². The molecule has 26 heavy (non-hydrogen) atoms. The zero-order valence-electron chi connectivity index (χ0n) is 13.6. The molecule has 0 fully saturated rings. The predicted octanol–water partition coefficient (Wildman–Crippen LogP) is 2.33. The van der Waals surface area contributed by atoms with E-state index in [9.17, 15) is 15.0 Å². The Balaban J connectivity index is 2.36. The van der Waals surface area contributed by atoms with Gasteiger partial charge in [-0.15, -0.1) is 0 Å². The van der Waals surface area contributed by atoms with Crippen LogP contribution in [0.4, 0.5) is 5.69 Å². The molecular formula is C17H11B2Br2NO4. The minimum Gasteiger partial charge on any atom is -0.508 e. The molecule has 0 aliphatic rings. The van der Waals surface area contributed by atoms with E-state index >= 15 is 0 Å². The molecule has 0 amide bonds. The molecular weight excluding hydrogens is 464 g/mol. The number of carbonyl (C=O) groups excluding carboxylic acids is 1. The first kappa shape index (κ1) is 18.9. The van der Waals surface area contributed by atoms with Gasteiger partial charge in [0.05, 0.1) is 19.9 Å². The van der Waals surface area contributed by atoms with Crippen molar-refractivity contribution in [1.82, 2.24) is 0 Å². The lowest BCUT2D eigenvalue weighted by molar-refractivity contribution is 0.103. The number of benzene rings is 2. The lowest BCUT2D eigenvalue weighted by Gasteiger charge is -2.10. The molecule has 9 heteroatoms. The number of aromatic hydroxyl groups is 2. The number of fused-ring (bicyclic) bond motifs is 1. The Kier molecular flexibility index (Phi) is 4.88. The second kappa shape index (κ2) is 6.70. The van der Waals surface area contributed by atoms with E-state index in [1.54, 1.807) is 6.92 Å². The minimum atomic E-state index is -0.416. The highest BCUT2D eigenvalue weighted by Gasteiger charge is 2.27. The molecule has 0 aliphatic heterocycles. The normalized spacial score (nSPS) is 11.2. The number of hydrogen-bond acceptors (Lipinski definition) is 5. The standard InChI is InChI=1S/C17H11B2Br2NO4/c1-2-8-9(14(23)5-3-6(20)15(24)7(21)4-5)10-16(25)11(18)13(22)12(19)17(10)26-8/h3-4,24-25H,2,22H2,1H3. The van der Waals surface area contributed by atoms with Crippen LogP contribution in [0.3, 0.4) is 0 Å². The summed E-state index contributed by atoms with van der Waals surface area (Å²) in [5.41, 5.74) is 6.30. The van der Waals surface area contributed by atoms with E-state index in [2.05, 4.69) is 31.9 Å². The second-order valence-corrected chi connectivity index (χ2v) is 7.37. The fourth-order valence-corrected chi connectivity index (χ4v) is 3.94. The number of ketones is 1. The summed E-state index contributed by atoms with van der Waals surface area (Å²) in [6, 6.07) is 2.95. The first-order chi connectivity index (χ1) is 12.2. The van der Waals surface area contributed by atoms with Crippen LogP contribution in [0.5, 0.6) is 11.5 Å². The van der Waals surface area contributed by atoms with Gasteiger partial charge in [-0.2, -0.15) is 0 Å². The lowest BCUT2D eigenvalue weighted by Crippen LogP contribution is -2.22. The summed E-state index contributed by atoms with van der Waals surface area (Å²) in [6.07, 6.45) is 0.384. The number of phenolic OH excluding ortho intramolecular Hbond substituents is 2. The summed E-state index contributed by atoms with van der Waals surface area (Å²) >= 11 is 6.40. The summed E-state index contributed by atoms with van der Waals surface area (Å²) in [7, 11) is 11.8. The van der Waals surface area contributed by atoms with E-state index < -0.39 is 5.78 Å². The molecule has 4 radical (unpaired) electrons. The van der Waals surface area contributed by atoms with Crippen molar-refractivity contribution in [2.45, 2.75) is 13.3 Å². The fraction of sp³-hybridized carbons (Fsp3) is 0.118. The third kappa shape index (κ3) is 2.74. The highest BCUT2D eigenvalue weighted by molar-refractivity contribution is 9.11. The van der Waals surface area contributed by atoms with Gasteiger partial charge in [-0.1, -0.05) is 6.92 Å². The van der Waals surface area contributed by atoms with Crippen molar-refractivity contribution in [2.24, 2.45) is 0 Å². The van der Waals surface area contributed by atoms with Crippen LogP contribution < -0.4 is 16.7 Å². The number of anilines is 1. The smallest absolute Gasteiger partial charge is 0.197 e. The first-order valence-electron chi connectivity index (χ1n) is 7.52. The third-order valence-corrected chi connectivity index (χ3v) is 5.33. The minimum absolute atomic E-state index is 0.000486. The van der Waals surface area contributed by atoms with Gasteiger partial charge in [-0.25, -0.2) is 0 Å². The Hall–Kier alpha value is -1.86. The van der Waals surface area contributed by atoms with Gasteiger partial charge in [0.1, 0.15) is 38.5 Å². The number of rotatable bonds is 3. The number of phenols is 2. The summed E-state index contributed by atoms with van der Waals surface area (Å²) in [5, 5.41) is 20.4. The number of hydrogen-bond donors (Lipinski definition) is 3. The van der Waals surface area contributed by atoms with E-state index in [0.717, 1.165) is 0 Å². The zero-order valence-corrected chi connectivity index (χ0v) is 16.7. The maximum Gasteiger partial charge on any atom is 0.197 e. The van der Waals surface area contributed by atoms with Crippen LogP contribution in [-0.4, -0.2) is 31.7 Å². The monoisotopic (exact) mass is 473 g/mol. The Morgan fingerprint density at radius 1 is 1.15 bits per heavy atom. The molecule has 0 atom stereocenters. The molecule has 0 aliphatic carbocycles. The molecule has 0 spiro atoms. The molecule has 0 saturated heterocycles. The van der Waals surface area contributed by atoms with Crippen LogP contribution in [0.15, 0.2) is 25.5 Å². The van der Waals surface area contributed by atoms with Crippen LogP contribution >= 0.6 is 31.9 Å². The van der Waals surface area contributed by atoms with Crippen LogP contribution in [0.2, 0.25) is 0 Å². The number of halogens is 2. The highest BCUT2D eigenvalue weighted by atomic mass is 79.9. The van der Waals surface area contributed by atoms with Crippen LogP contribution in [0.1, 0.15) is 28.6 Å². The van der Waals surface area contributed by atoms with Crippen LogP contribution in [-0.2, 0) is 6.42 Å². The van der Waals surface area contributed by atoms with Gasteiger partial charge < -0.3 is 20.4 Å². The zero-order chi connectivity index (χ0) is 19.3. The predicted molar refractivity (Wildman–Crippen MR) is 109 cm³/mol. The number of carbonyl (C=O) groups is 1. The highest BCUT2D eigenvalue weighted by Crippen LogP contribution is 2.37. The lowest BCUT2D eigenvalue weighted by atomic mass is 9.81. The van der Waals surface area contributed by atoms with Crippen molar-refractivity contribution in [3.8, 4) is 11.5 Å². The molecule has 0 unspecified atom stereocenters. The largest absolute Gasteiger partial charge is 0.508 e. The Morgan fingerprint density at radius 3 is 2.27 bits per heavy atom. The van der Waals surface area contributed by atoms with Crippen LogP contribution in [0.25, 0.3) is 11.0 Å². The summed E-state index contributed by atoms with van der Waals surface area (Å²) < 4.78 is 6.39. The van der Waals surface area contributed by atoms with Gasteiger partial charge in [0.2, 0.25) is 0 Å². The topological polar surface area (TPSA) is 96.7 Å². The number of nitrogens with two attached hydrogens (primary N) is 1. The van der Waals surface area contributed by atoms with E-state index in [4.69, 9.17) is 25.8 Å². The number of furan rings is 1. The molecule has 5 nitrogen and oxygen atoms in total. The van der Waals surface area contributed by atoms with Crippen molar-refractivity contribution in [3.63, 3.8) is 0 Å². The molecule has 0 bridgehead atoms. The molecule has 1 heterocycles. The maximum absolute atomic E-state index is 13.2. The van der Waals surface area contributed by atoms with Crippen LogP contribution in [0, 0.1) is 0 Å². The van der Waals surface area contributed by atoms with Gasteiger partial charge in [0.15, 0.2) is 5.78 Å². The summed E-state index contributed by atoms with van der Waals surface area (Å²) in [5.74, 6) is -0.452. The van der Waals surface area contributed by atoms with Gasteiger partial charge >= 0.3 is 0 Å². The second-order valence-electron chi connectivity index (χ2n) is 5.67. The number of nitrogen functional groups attached to an aromatic ring is 1. The van der Waals surface area contributed by atoms with E-state index in [0.29, 0.717) is 21.1 Å². The summed E-state index contributed by atoms with van der Waals surface area (Å²) in [6.45, 7) is 1.80. The molecule has 128 valence electrons. The van der Waals surface area contributed by atoms with Crippen molar-refractivity contribution >= 4 is 80.9 Å². The quantitative estimate of drug-likeness (QED) is 0.308. The molecule has 0 saturated carbocycles. The maximum atomic E-state index is 13.2. The fourth-order valence-electron chi connectivity index (χ4n) is 2.75. The third-order valence-electron chi connectivity index (χ3n) is 4.13. The van der Waals surface area contributed by atoms with Gasteiger partial charge in [-0.3, -0.25) is 4.79 Å². The van der Waals surface area contributed by atoms with Gasteiger partial charge in [-0.05, 0) is 54.9 Å². The Labute approximate surface area is 168 Å². The van der Waals surface area contributed by atoms with Crippen molar-refractivity contribution in [2.75, 3.05) is 5.73 Å². The Bertz CT molecular complexity index is 1060. The molecule has 2 aromatic carbocycles. The summed E-state index contributed by atoms with van der Waals surface area (Å²) in [4.78, 5) is 13.2. The first-order valence-corrected chi connectivity index (χ1v) is 9.10. The van der Waals surface area contributed by atoms with E-state index in [1.165, 1.54) is 12.1 Å². The average molecular weight is 475 g/mol. The molecule has 3 aromatic rings. The molecule has 1 aromatic heterocycles. The Morgan fingerprint density at radius 2 is 1.73 bits per heavy atom. The average Bonchev–Trinajstić information content (AvgIpc) is 3.01. The van der Waals surface area contributed by atoms with Crippen molar-refractivity contribution < 1.29 is 19.4 Å². The molecule has 4 N–H and O–H groups in total. The van der Waals surface area contributed by atoms with Crippen molar-refractivity contribution in [3.05, 3.63) is 38.0 Å². The van der Waals surface area contributed by atoms with Crippen molar-refractivity contribution in [1.29, 1.82) is 0 Å². The SMILES string of the molecule is [B]c1c(N)c([B])c2oc(CC)c(C(=O)c3cc(Br)c(O)c(Br)c3)c2c1O.